The molecule has 2 aromatic carbocycles. The highest BCUT2D eigenvalue weighted by atomic mass is 32.1. The average Bonchev–Trinajstić information content (AvgIpc) is 3.63. The highest BCUT2D eigenvalue weighted by Crippen LogP contribution is 2.28. The number of ether oxygens (including phenoxy) is 1. The van der Waals surface area contributed by atoms with E-state index in [-0.39, 0.29) is 5.41 Å². The molecule has 1 atom stereocenters. The SMILES string of the molecule is Cc1nc2cc(OCCC(O)(CN3CCNCC3)N3CCN(Cc4noc(-c5ccc(C(C)(C)C)cc5)n4)CC3)ccc2s1. The molecule has 0 spiro atoms. The van der Waals surface area contributed by atoms with Crippen LogP contribution in [0.3, 0.4) is 0 Å². The Kier molecular flexibility index (Phi) is 9.32. The number of hydrogen-bond donors (Lipinski definition) is 2. The number of fused-ring (bicyclic) bond motifs is 1. The zero-order chi connectivity index (χ0) is 30.7. The Balaban J connectivity index is 1.06. The van der Waals surface area contributed by atoms with Gasteiger partial charge in [0.1, 0.15) is 11.5 Å². The summed E-state index contributed by atoms with van der Waals surface area (Å²) in [6.45, 7) is 17.2. The van der Waals surface area contributed by atoms with Crippen molar-refractivity contribution in [1.82, 2.24) is 35.1 Å². The van der Waals surface area contributed by atoms with Gasteiger partial charge in [-0.3, -0.25) is 14.7 Å². The third-order valence-corrected chi connectivity index (χ3v) is 9.67. The van der Waals surface area contributed by atoms with Crippen molar-refractivity contribution in [2.24, 2.45) is 0 Å². The van der Waals surface area contributed by atoms with Crippen LogP contribution in [0.2, 0.25) is 0 Å². The molecule has 2 saturated heterocycles. The van der Waals surface area contributed by atoms with Crippen molar-refractivity contribution in [1.29, 1.82) is 0 Å². The molecule has 0 aliphatic carbocycles. The number of nitrogens with zero attached hydrogens (tertiary/aromatic N) is 6. The maximum atomic E-state index is 12.1. The lowest BCUT2D eigenvalue weighted by atomic mass is 9.87. The molecule has 0 radical (unpaired) electrons. The minimum Gasteiger partial charge on any atom is -0.493 e. The number of aliphatic hydroxyl groups is 1. The summed E-state index contributed by atoms with van der Waals surface area (Å²) in [5, 5.41) is 20.9. The molecule has 10 nitrogen and oxygen atoms in total. The van der Waals surface area contributed by atoms with Gasteiger partial charge >= 0.3 is 0 Å². The largest absolute Gasteiger partial charge is 0.493 e. The van der Waals surface area contributed by atoms with Crippen LogP contribution in [0.25, 0.3) is 21.7 Å². The highest BCUT2D eigenvalue weighted by molar-refractivity contribution is 7.18. The van der Waals surface area contributed by atoms with Crippen LogP contribution >= 0.6 is 11.3 Å². The summed E-state index contributed by atoms with van der Waals surface area (Å²) in [4.78, 5) is 16.2. The lowest BCUT2D eigenvalue weighted by Gasteiger charge is -2.47. The zero-order valence-electron chi connectivity index (χ0n) is 26.4. The Morgan fingerprint density at radius 3 is 2.43 bits per heavy atom. The van der Waals surface area contributed by atoms with Crippen LogP contribution in [-0.2, 0) is 12.0 Å². The average molecular weight is 620 g/mol. The molecule has 0 amide bonds. The molecule has 2 fully saturated rings. The zero-order valence-corrected chi connectivity index (χ0v) is 27.2. The van der Waals surface area contributed by atoms with E-state index in [2.05, 4.69) is 86.2 Å². The Morgan fingerprint density at radius 2 is 1.70 bits per heavy atom. The van der Waals surface area contributed by atoms with E-state index in [0.717, 1.165) is 78.9 Å². The quantitative estimate of drug-likeness (QED) is 0.269. The summed E-state index contributed by atoms with van der Waals surface area (Å²) in [5.74, 6) is 2.03. The van der Waals surface area contributed by atoms with E-state index in [4.69, 9.17) is 9.26 Å². The normalized spacial score (nSPS) is 18.9. The Hall–Kier alpha value is -2.93. The van der Waals surface area contributed by atoms with Gasteiger partial charge in [0, 0.05) is 77.0 Å². The van der Waals surface area contributed by atoms with Crippen molar-refractivity contribution in [2.45, 2.75) is 51.8 Å². The molecular weight excluding hydrogens is 574 g/mol. The van der Waals surface area contributed by atoms with Gasteiger partial charge in [-0.1, -0.05) is 38.1 Å². The van der Waals surface area contributed by atoms with E-state index >= 15 is 0 Å². The third kappa shape index (κ3) is 7.47. The number of thiazole rings is 1. The van der Waals surface area contributed by atoms with E-state index in [0.29, 0.717) is 37.8 Å². The van der Waals surface area contributed by atoms with Crippen molar-refractivity contribution in [2.75, 3.05) is 65.5 Å². The van der Waals surface area contributed by atoms with Crippen LogP contribution < -0.4 is 10.1 Å². The first kappa shape index (κ1) is 31.1. The van der Waals surface area contributed by atoms with E-state index in [1.54, 1.807) is 11.3 Å². The van der Waals surface area contributed by atoms with Gasteiger partial charge in [0.05, 0.1) is 28.4 Å². The monoisotopic (exact) mass is 619 g/mol. The fraction of sp³-hybridized carbons (Fsp3) is 0.545. The molecule has 44 heavy (non-hydrogen) atoms. The standard InChI is InChI=1S/C33H45N7O3S/c1-24-35-28-21-27(9-10-29(28)44-24)42-20-11-33(41,23-39-14-12-34-13-15-39)40-18-16-38(17-19-40)22-30-36-31(43-37-30)25-5-7-26(8-6-25)32(2,3)4/h5-10,21,34,41H,11-20,22-23H2,1-4H3. The maximum absolute atomic E-state index is 12.1. The van der Waals surface area contributed by atoms with Gasteiger partial charge in [-0.05, 0) is 42.2 Å². The summed E-state index contributed by atoms with van der Waals surface area (Å²) in [5.41, 5.74) is 2.28. The van der Waals surface area contributed by atoms with Crippen molar-refractivity contribution < 1.29 is 14.4 Å². The van der Waals surface area contributed by atoms with Gasteiger partial charge in [-0.15, -0.1) is 11.3 Å². The van der Waals surface area contributed by atoms with E-state index in [9.17, 15) is 5.11 Å². The highest BCUT2D eigenvalue weighted by Gasteiger charge is 2.38. The molecule has 11 heteroatoms. The van der Waals surface area contributed by atoms with Gasteiger partial charge in [-0.2, -0.15) is 4.98 Å². The number of nitrogens with one attached hydrogen (secondary N) is 1. The molecule has 6 rings (SSSR count). The molecule has 2 aliphatic heterocycles. The second-order valence-electron chi connectivity index (χ2n) is 13.1. The van der Waals surface area contributed by atoms with Gasteiger partial charge in [0.15, 0.2) is 5.82 Å². The van der Waals surface area contributed by atoms with Crippen LogP contribution in [0.5, 0.6) is 5.75 Å². The Bertz CT molecular complexity index is 1520. The fourth-order valence-corrected chi connectivity index (χ4v) is 6.89. The summed E-state index contributed by atoms with van der Waals surface area (Å²) >= 11 is 1.69. The Labute approximate surface area is 264 Å². The number of aromatic nitrogens is 3. The molecular formula is C33H45N7O3S. The maximum Gasteiger partial charge on any atom is 0.257 e. The van der Waals surface area contributed by atoms with Gasteiger partial charge in [-0.25, -0.2) is 4.98 Å². The number of benzene rings is 2. The Morgan fingerprint density at radius 1 is 0.955 bits per heavy atom. The fourth-order valence-electron chi connectivity index (χ4n) is 6.08. The van der Waals surface area contributed by atoms with Crippen LogP contribution in [-0.4, -0.2) is 106 Å². The van der Waals surface area contributed by atoms with Gasteiger partial charge < -0.3 is 19.7 Å². The van der Waals surface area contributed by atoms with E-state index in [1.807, 2.05) is 19.1 Å². The van der Waals surface area contributed by atoms with Crippen LogP contribution in [0, 0.1) is 6.92 Å². The van der Waals surface area contributed by atoms with Crippen LogP contribution in [0.4, 0.5) is 0 Å². The number of hydrogen-bond acceptors (Lipinski definition) is 11. The molecule has 236 valence electrons. The van der Waals surface area contributed by atoms with E-state index < -0.39 is 5.72 Å². The molecule has 2 aromatic heterocycles. The topological polar surface area (TPSA) is 103 Å². The molecule has 0 saturated carbocycles. The van der Waals surface area contributed by atoms with E-state index in [1.165, 1.54) is 5.56 Å². The molecule has 2 N–H and O–H groups in total. The molecule has 0 bridgehead atoms. The molecule has 2 aliphatic rings. The molecule has 4 aromatic rings. The second kappa shape index (κ2) is 13.2. The predicted octanol–water partition coefficient (Wildman–Crippen LogP) is 4.13. The third-order valence-electron chi connectivity index (χ3n) is 8.72. The minimum absolute atomic E-state index is 0.0980. The van der Waals surface area contributed by atoms with Gasteiger partial charge in [0.2, 0.25) is 0 Å². The second-order valence-corrected chi connectivity index (χ2v) is 14.3. The molecule has 1 unspecified atom stereocenters. The lowest BCUT2D eigenvalue weighted by Crippen LogP contribution is -2.63. The molecule has 4 heterocycles. The first-order valence-corrected chi connectivity index (χ1v) is 16.5. The van der Waals surface area contributed by atoms with Crippen molar-refractivity contribution in [3.8, 4) is 17.2 Å². The number of aryl methyl sites for hydroxylation is 1. The van der Waals surface area contributed by atoms with Crippen molar-refractivity contribution in [3.63, 3.8) is 0 Å². The number of piperazine rings is 2. The lowest BCUT2D eigenvalue weighted by molar-refractivity contribution is -0.149. The van der Waals surface area contributed by atoms with Crippen molar-refractivity contribution >= 4 is 21.6 Å². The first-order valence-electron chi connectivity index (χ1n) is 15.7. The van der Waals surface area contributed by atoms with Crippen LogP contribution in [0.1, 0.15) is 43.6 Å². The minimum atomic E-state index is -0.983. The predicted molar refractivity (Wildman–Crippen MR) is 174 cm³/mol. The van der Waals surface area contributed by atoms with Gasteiger partial charge in [0.25, 0.3) is 5.89 Å². The summed E-state index contributed by atoms with van der Waals surface area (Å²) < 4.78 is 12.9. The number of β-amino-alcohol motifs (C(OH)–C–C–N with tert-alkyl or cyclic N) is 1. The summed E-state index contributed by atoms with van der Waals surface area (Å²) in [6, 6.07) is 14.4. The van der Waals surface area contributed by atoms with Crippen LogP contribution in [0.15, 0.2) is 47.0 Å². The summed E-state index contributed by atoms with van der Waals surface area (Å²) in [6.07, 6.45) is 0.521. The first-order chi connectivity index (χ1) is 21.1. The smallest absolute Gasteiger partial charge is 0.257 e. The van der Waals surface area contributed by atoms with Crippen molar-refractivity contribution in [3.05, 3.63) is 58.9 Å². The summed E-state index contributed by atoms with van der Waals surface area (Å²) in [7, 11) is 0. The number of rotatable bonds is 10.